The Morgan fingerprint density at radius 3 is 2.95 bits per heavy atom. The Kier molecular flexibility index (Phi) is 7.13. The molecule has 1 amide bonds. The molecule has 4 nitrogen and oxygen atoms in total. The van der Waals surface area contributed by atoms with Crippen molar-refractivity contribution in [2.45, 2.75) is 19.4 Å². The second-order valence-electron chi connectivity index (χ2n) is 4.67. The summed E-state index contributed by atoms with van der Waals surface area (Å²) < 4.78 is 5.54. The lowest BCUT2D eigenvalue weighted by Gasteiger charge is -2.34. The molecule has 0 bridgehead atoms. The number of ether oxygens (including phenoxy) is 1. The Labute approximate surface area is 130 Å². The van der Waals surface area contributed by atoms with E-state index in [1.54, 1.807) is 12.1 Å². The van der Waals surface area contributed by atoms with E-state index in [-0.39, 0.29) is 24.4 Å². The summed E-state index contributed by atoms with van der Waals surface area (Å²) in [5, 5.41) is 3.84. The molecule has 1 heterocycles. The van der Waals surface area contributed by atoms with Crippen LogP contribution >= 0.6 is 24.0 Å². The molecule has 1 fully saturated rings. The fourth-order valence-electron chi connectivity index (χ4n) is 2.17. The summed E-state index contributed by atoms with van der Waals surface area (Å²) in [6, 6.07) is 7.54. The number of para-hydroxylation sites is 1. The van der Waals surface area contributed by atoms with Gasteiger partial charge in [-0.25, -0.2) is 0 Å². The highest BCUT2D eigenvalue weighted by atomic mass is 35.5. The quantitative estimate of drug-likeness (QED) is 0.926. The van der Waals surface area contributed by atoms with Crippen LogP contribution < -0.4 is 10.1 Å². The van der Waals surface area contributed by atoms with Crippen molar-refractivity contribution < 1.29 is 9.53 Å². The molecule has 0 unspecified atom stereocenters. The van der Waals surface area contributed by atoms with Crippen LogP contribution in [0, 0.1) is 0 Å². The molecule has 0 radical (unpaired) electrons. The van der Waals surface area contributed by atoms with Crippen LogP contribution in [0.3, 0.4) is 0 Å². The SMILES string of the molecule is C[C@@H]1CNCCN1C(=O)CCOc1ccccc1Cl.Cl. The lowest BCUT2D eigenvalue weighted by Crippen LogP contribution is -2.52. The first-order chi connectivity index (χ1) is 9.18. The third kappa shape index (κ3) is 4.54. The molecule has 1 aliphatic rings. The molecule has 1 aromatic rings. The molecule has 0 spiro atoms. The lowest BCUT2D eigenvalue weighted by atomic mass is 10.2. The highest BCUT2D eigenvalue weighted by Crippen LogP contribution is 2.23. The molecule has 0 aliphatic carbocycles. The Hall–Kier alpha value is -0.970. The highest BCUT2D eigenvalue weighted by molar-refractivity contribution is 6.32. The number of hydrogen-bond donors (Lipinski definition) is 1. The van der Waals surface area contributed by atoms with E-state index < -0.39 is 0 Å². The van der Waals surface area contributed by atoms with Crippen LogP contribution in [0.25, 0.3) is 0 Å². The molecule has 1 saturated heterocycles. The summed E-state index contributed by atoms with van der Waals surface area (Å²) in [4.78, 5) is 14.0. The maximum Gasteiger partial charge on any atom is 0.226 e. The summed E-state index contributed by atoms with van der Waals surface area (Å²) in [5.41, 5.74) is 0. The van der Waals surface area contributed by atoms with E-state index in [1.807, 2.05) is 17.0 Å². The molecule has 1 N–H and O–H groups in total. The maximum absolute atomic E-state index is 12.1. The number of carbonyl (C=O) groups excluding carboxylic acids is 1. The predicted octanol–water partition coefficient (Wildman–Crippen LogP) is 2.35. The van der Waals surface area contributed by atoms with Gasteiger partial charge in [0.05, 0.1) is 18.1 Å². The minimum Gasteiger partial charge on any atom is -0.491 e. The van der Waals surface area contributed by atoms with Gasteiger partial charge in [-0.3, -0.25) is 4.79 Å². The smallest absolute Gasteiger partial charge is 0.226 e. The molecule has 0 aromatic heterocycles. The van der Waals surface area contributed by atoms with Crippen molar-refractivity contribution in [2.24, 2.45) is 0 Å². The average Bonchev–Trinajstić information content (AvgIpc) is 2.41. The molecule has 6 heteroatoms. The van der Waals surface area contributed by atoms with Gasteiger partial charge in [-0.1, -0.05) is 23.7 Å². The first-order valence-electron chi connectivity index (χ1n) is 6.56. The van der Waals surface area contributed by atoms with Gasteiger partial charge in [0.25, 0.3) is 0 Å². The molecule has 0 saturated carbocycles. The average molecular weight is 319 g/mol. The van der Waals surface area contributed by atoms with Gasteiger partial charge in [-0.05, 0) is 19.1 Å². The summed E-state index contributed by atoms with van der Waals surface area (Å²) in [7, 11) is 0. The topological polar surface area (TPSA) is 41.6 Å². The van der Waals surface area contributed by atoms with E-state index in [1.165, 1.54) is 0 Å². The highest BCUT2D eigenvalue weighted by Gasteiger charge is 2.22. The van der Waals surface area contributed by atoms with Crippen molar-refractivity contribution >= 4 is 29.9 Å². The number of benzene rings is 1. The lowest BCUT2D eigenvalue weighted by molar-refractivity contribution is -0.134. The largest absolute Gasteiger partial charge is 0.491 e. The van der Waals surface area contributed by atoms with E-state index in [9.17, 15) is 4.79 Å². The van der Waals surface area contributed by atoms with Crippen LogP contribution in [0.4, 0.5) is 0 Å². The first kappa shape index (κ1) is 17.1. The Morgan fingerprint density at radius 2 is 2.25 bits per heavy atom. The summed E-state index contributed by atoms with van der Waals surface area (Å²) in [6.07, 6.45) is 0.384. The zero-order chi connectivity index (χ0) is 13.7. The van der Waals surface area contributed by atoms with Crippen LogP contribution in [0.15, 0.2) is 24.3 Å². The van der Waals surface area contributed by atoms with E-state index in [0.717, 1.165) is 19.6 Å². The zero-order valence-corrected chi connectivity index (χ0v) is 13.0. The van der Waals surface area contributed by atoms with Gasteiger partial charge in [0.15, 0.2) is 0 Å². The van der Waals surface area contributed by atoms with Gasteiger partial charge in [0, 0.05) is 25.7 Å². The van der Waals surface area contributed by atoms with Crippen molar-refractivity contribution in [1.82, 2.24) is 10.2 Å². The molecule has 1 aliphatic heterocycles. The van der Waals surface area contributed by atoms with Crippen LogP contribution in [-0.4, -0.2) is 43.1 Å². The number of piperazine rings is 1. The van der Waals surface area contributed by atoms with Crippen molar-refractivity contribution in [3.8, 4) is 5.75 Å². The third-order valence-corrected chi connectivity index (χ3v) is 3.54. The molecule has 20 heavy (non-hydrogen) atoms. The van der Waals surface area contributed by atoms with Gasteiger partial charge in [0.2, 0.25) is 5.91 Å². The minimum atomic E-state index is 0. The molecule has 2 rings (SSSR count). The van der Waals surface area contributed by atoms with E-state index in [4.69, 9.17) is 16.3 Å². The number of nitrogens with zero attached hydrogens (tertiary/aromatic N) is 1. The van der Waals surface area contributed by atoms with Crippen molar-refractivity contribution in [2.75, 3.05) is 26.2 Å². The standard InChI is InChI=1S/C14H19ClN2O2.ClH/c1-11-10-16-7-8-17(11)14(18)6-9-19-13-5-3-2-4-12(13)15;/h2-5,11,16H,6-10H2,1H3;1H/t11-;/m1./s1. The van der Waals surface area contributed by atoms with Crippen LogP contribution in [-0.2, 0) is 4.79 Å². The summed E-state index contributed by atoms with van der Waals surface area (Å²) >= 11 is 5.98. The van der Waals surface area contributed by atoms with Gasteiger partial charge in [-0.15, -0.1) is 12.4 Å². The van der Waals surface area contributed by atoms with E-state index in [0.29, 0.717) is 23.8 Å². The number of carbonyl (C=O) groups is 1. The summed E-state index contributed by atoms with van der Waals surface area (Å²) in [6.45, 7) is 4.91. The Bertz CT molecular complexity index is 443. The van der Waals surface area contributed by atoms with Gasteiger partial charge < -0.3 is 15.0 Å². The van der Waals surface area contributed by atoms with Crippen LogP contribution in [0.5, 0.6) is 5.75 Å². The maximum atomic E-state index is 12.1. The van der Waals surface area contributed by atoms with Crippen LogP contribution in [0.1, 0.15) is 13.3 Å². The second-order valence-corrected chi connectivity index (χ2v) is 5.08. The molecular weight excluding hydrogens is 299 g/mol. The number of nitrogens with one attached hydrogen (secondary N) is 1. The van der Waals surface area contributed by atoms with Gasteiger partial charge >= 0.3 is 0 Å². The number of rotatable bonds is 4. The predicted molar refractivity (Wildman–Crippen MR) is 82.9 cm³/mol. The molecule has 1 atom stereocenters. The number of amides is 1. The van der Waals surface area contributed by atoms with E-state index in [2.05, 4.69) is 12.2 Å². The number of halogens is 2. The van der Waals surface area contributed by atoms with Crippen LogP contribution in [0.2, 0.25) is 5.02 Å². The zero-order valence-electron chi connectivity index (χ0n) is 11.5. The minimum absolute atomic E-state index is 0. The monoisotopic (exact) mass is 318 g/mol. The normalized spacial score (nSPS) is 18.3. The molecule has 1 aromatic carbocycles. The summed E-state index contributed by atoms with van der Waals surface area (Å²) in [5.74, 6) is 0.770. The first-order valence-corrected chi connectivity index (χ1v) is 6.94. The second kappa shape index (κ2) is 8.35. The number of hydrogen-bond acceptors (Lipinski definition) is 3. The van der Waals surface area contributed by atoms with E-state index >= 15 is 0 Å². The third-order valence-electron chi connectivity index (χ3n) is 3.23. The Balaban J connectivity index is 0.00000200. The van der Waals surface area contributed by atoms with Crippen molar-refractivity contribution in [3.63, 3.8) is 0 Å². The fourth-order valence-corrected chi connectivity index (χ4v) is 2.36. The molecule has 112 valence electrons. The van der Waals surface area contributed by atoms with Crippen molar-refractivity contribution in [1.29, 1.82) is 0 Å². The Morgan fingerprint density at radius 1 is 1.50 bits per heavy atom. The molecular formula is C14H20Cl2N2O2. The van der Waals surface area contributed by atoms with Gasteiger partial charge in [-0.2, -0.15) is 0 Å². The van der Waals surface area contributed by atoms with Crippen molar-refractivity contribution in [3.05, 3.63) is 29.3 Å². The van der Waals surface area contributed by atoms with Gasteiger partial charge in [0.1, 0.15) is 5.75 Å². The fraction of sp³-hybridized carbons (Fsp3) is 0.500.